The molecule has 1 amide bonds. The van der Waals surface area contributed by atoms with Crippen LogP contribution in [0.5, 0.6) is 0 Å². The normalized spacial score (nSPS) is 9.88. The molecule has 1 aromatic heterocycles. The first-order valence-electron chi connectivity index (χ1n) is 5.09. The fourth-order valence-electron chi connectivity index (χ4n) is 1.38. The number of nitriles is 1. The molecule has 0 N–H and O–H groups in total. The Balaban J connectivity index is 2.61. The molecule has 0 fully saturated rings. The molecule has 0 bridgehead atoms. The second-order valence-electron chi connectivity index (χ2n) is 3.70. The minimum absolute atomic E-state index is 0.0235. The molecule has 0 unspecified atom stereocenters. The number of carbonyl (C=O) groups excluding carboxylic acids is 1. The third kappa shape index (κ3) is 2.83. The molecule has 1 aromatic rings. The summed E-state index contributed by atoms with van der Waals surface area (Å²) in [6.45, 7) is 4.06. The summed E-state index contributed by atoms with van der Waals surface area (Å²) in [6.07, 6.45) is 0.632. The van der Waals surface area contributed by atoms with E-state index in [2.05, 4.69) is 5.16 Å². The molecule has 0 aliphatic carbocycles. The van der Waals surface area contributed by atoms with Gasteiger partial charge in [0, 0.05) is 19.2 Å². The van der Waals surface area contributed by atoms with Crippen molar-refractivity contribution in [3.8, 4) is 6.07 Å². The van der Waals surface area contributed by atoms with E-state index in [9.17, 15) is 4.79 Å². The Kier molecular flexibility index (Phi) is 4.06. The van der Waals surface area contributed by atoms with Crippen LogP contribution in [0.2, 0.25) is 0 Å². The molecular weight excluding hydrogens is 206 g/mol. The lowest BCUT2D eigenvalue weighted by Crippen LogP contribution is -2.29. The van der Waals surface area contributed by atoms with Crippen molar-refractivity contribution in [2.45, 2.75) is 26.7 Å². The molecule has 16 heavy (non-hydrogen) atoms. The Morgan fingerprint density at radius 3 is 2.75 bits per heavy atom. The van der Waals surface area contributed by atoms with Crippen molar-refractivity contribution < 1.29 is 9.32 Å². The minimum Gasteiger partial charge on any atom is -0.361 e. The third-order valence-electron chi connectivity index (χ3n) is 2.49. The monoisotopic (exact) mass is 221 g/mol. The molecule has 0 aliphatic rings. The van der Waals surface area contributed by atoms with Crippen LogP contribution in [0.15, 0.2) is 4.52 Å². The molecule has 0 saturated heterocycles. The van der Waals surface area contributed by atoms with Crippen molar-refractivity contribution in [3.05, 3.63) is 17.0 Å². The standard InChI is InChI=1S/C11H15N3O2/c1-8-10(9(2)16-13-8)7-11(15)14(3)6-4-5-12/h4,6-7H2,1-3H3. The Hall–Kier alpha value is -1.83. The average Bonchev–Trinajstić information content (AvgIpc) is 2.57. The maximum Gasteiger partial charge on any atom is 0.226 e. The number of hydrogen-bond acceptors (Lipinski definition) is 4. The smallest absolute Gasteiger partial charge is 0.226 e. The van der Waals surface area contributed by atoms with Gasteiger partial charge >= 0.3 is 0 Å². The predicted octanol–water partition coefficient (Wildman–Crippen LogP) is 1.21. The van der Waals surface area contributed by atoms with E-state index in [-0.39, 0.29) is 12.3 Å². The van der Waals surface area contributed by atoms with E-state index in [0.29, 0.717) is 18.7 Å². The largest absolute Gasteiger partial charge is 0.361 e. The Bertz CT molecular complexity index is 398. The fourth-order valence-corrected chi connectivity index (χ4v) is 1.38. The number of aryl methyl sites for hydroxylation is 2. The Morgan fingerprint density at radius 2 is 2.25 bits per heavy atom. The zero-order chi connectivity index (χ0) is 12.1. The summed E-state index contributed by atoms with van der Waals surface area (Å²) in [4.78, 5) is 13.3. The number of hydrogen-bond donors (Lipinski definition) is 0. The fraction of sp³-hybridized carbons (Fsp3) is 0.545. The van der Waals surface area contributed by atoms with Crippen LogP contribution in [0.3, 0.4) is 0 Å². The lowest BCUT2D eigenvalue weighted by atomic mass is 10.1. The highest BCUT2D eigenvalue weighted by atomic mass is 16.5. The van der Waals surface area contributed by atoms with Crippen LogP contribution >= 0.6 is 0 Å². The highest BCUT2D eigenvalue weighted by Gasteiger charge is 2.15. The number of amides is 1. The summed E-state index contributed by atoms with van der Waals surface area (Å²) >= 11 is 0. The van der Waals surface area contributed by atoms with Gasteiger partial charge in [-0.2, -0.15) is 5.26 Å². The first-order chi connectivity index (χ1) is 7.56. The van der Waals surface area contributed by atoms with Crippen molar-refractivity contribution in [2.24, 2.45) is 0 Å². The Labute approximate surface area is 94.6 Å². The van der Waals surface area contributed by atoms with Crippen LogP contribution in [0.4, 0.5) is 0 Å². The van der Waals surface area contributed by atoms with Crippen LogP contribution < -0.4 is 0 Å². The first-order valence-corrected chi connectivity index (χ1v) is 5.09. The zero-order valence-corrected chi connectivity index (χ0v) is 9.78. The molecule has 1 heterocycles. The molecule has 0 spiro atoms. The third-order valence-corrected chi connectivity index (χ3v) is 2.49. The second-order valence-corrected chi connectivity index (χ2v) is 3.70. The highest BCUT2D eigenvalue weighted by molar-refractivity contribution is 5.78. The van der Waals surface area contributed by atoms with E-state index >= 15 is 0 Å². The molecule has 86 valence electrons. The van der Waals surface area contributed by atoms with Crippen LogP contribution in [-0.2, 0) is 11.2 Å². The lowest BCUT2D eigenvalue weighted by Gasteiger charge is -2.14. The van der Waals surface area contributed by atoms with Crippen molar-refractivity contribution in [1.29, 1.82) is 5.26 Å². The van der Waals surface area contributed by atoms with Crippen molar-refractivity contribution >= 4 is 5.91 Å². The van der Waals surface area contributed by atoms with Crippen molar-refractivity contribution in [3.63, 3.8) is 0 Å². The molecule has 5 heteroatoms. The summed E-state index contributed by atoms with van der Waals surface area (Å²) in [5.74, 6) is 0.657. The highest BCUT2D eigenvalue weighted by Crippen LogP contribution is 2.13. The summed E-state index contributed by atoms with van der Waals surface area (Å²) in [5, 5.41) is 12.2. The van der Waals surface area contributed by atoms with Crippen LogP contribution in [0, 0.1) is 25.2 Å². The van der Waals surface area contributed by atoms with Gasteiger partial charge < -0.3 is 9.42 Å². The van der Waals surface area contributed by atoms with Gasteiger partial charge in [0.05, 0.1) is 24.6 Å². The van der Waals surface area contributed by atoms with Gasteiger partial charge in [-0.25, -0.2) is 0 Å². The first kappa shape index (κ1) is 12.2. The van der Waals surface area contributed by atoms with Gasteiger partial charge in [-0.1, -0.05) is 5.16 Å². The Morgan fingerprint density at radius 1 is 1.56 bits per heavy atom. The molecule has 0 atom stereocenters. The van der Waals surface area contributed by atoms with Gasteiger partial charge in [-0.05, 0) is 13.8 Å². The minimum atomic E-state index is -0.0235. The maximum absolute atomic E-state index is 11.8. The number of nitrogens with zero attached hydrogens (tertiary/aromatic N) is 3. The second kappa shape index (κ2) is 5.31. The van der Waals surface area contributed by atoms with Gasteiger partial charge in [-0.15, -0.1) is 0 Å². The number of aromatic nitrogens is 1. The summed E-state index contributed by atoms with van der Waals surface area (Å²) in [5.41, 5.74) is 1.59. The summed E-state index contributed by atoms with van der Waals surface area (Å²) in [7, 11) is 1.69. The number of rotatable bonds is 4. The van der Waals surface area contributed by atoms with Crippen LogP contribution in [-0.4, -0.2) is 29.6 Å². The average molecular weight is 221 g/mol. The summed E-state index contributed by atoms with van der Waals surface area (Å²) < 4.78 is 4.98. The molecule has 0 aliphatic heterocycles. The van der Waals surface area contributed by atoms with E-state index in [1.807, 2.05) is 13.0 Å². The zero-order valence-electron chi connectivity index (χ0n) is 9.78. The van der Waals surface area contributed by atoms with Gasteiger partial charge in [0.1, 0.15) is 5.76 Å². The van der Waals surface area contributed by atoms with Crippen LogP contribution in [0.25, 0.3) is 0 Å². The molecule has 5 nitrogen and oxygen atoms in total. The lowest BCUT2D eigenvalue weighted by molar-refractivity contribution is -0.129. The van der Waals surface area contributed by atoms with Crippen molar-refractivity contribution in [2.75, 3.05) is 13.6 Å². The SMILES string of the molecule is Cc1noc(C)c1CC(=O)N(C)CCC#N. The number of carbonyl (C=O) groups is 1. The van der Waals surface area contributed by atoms with Gasteiger partial charge in [0.25, 0.3) is 0 Å². The maximum atomic E-state index is 11.8. The molecule has 0 saturated carbocycles. The summed E-state index contributed by atoms with van der Waals surface area (Å²) in [6, 6.07) is 2.01. The molecular formula is C11H15N3O2. The van der Waals surface area contributed by atoms with Gasteiger partial charge in [-0.3, -0.25) is 4.79 Å². The van der Waals surface area contributed by atoms with E-state index in [1.165, 1.54) is 0 Å². The molecule has 0 radical (unpaired) electrons. The molecule has 1 rings (SSSR count). The van der Waals surface area contributed by atoms with Gasteiger partial charge in [0.2, 0.25) is 5.91 Å². The van der Waals surface area contributed by atoms with E-state index < -0.39 is 0 Å². The van der Waals surface area contributed by atoms with E-state index in [0.717, 1.165) is 11.3 Å². The van der Waals surface area contributed by atoms with Crippen molar-refractivity contribution in [1.82, 2.24) is 10.1 Å². The topological polar surface area (TPSA) is 70.1 Å². The molecule has 0 aromatic carbocycles. The van der Waals surface area contributed by atoms with E-state index in [1.54, 1.807) is 18.9 Å². The predicted molar refractivity (Wildman–Crippen MR) is 57.5 cm³/mol. The van der Waals surface area contributed by atoms with E-state index in [4.69, 9.17) is 9.78 Å². The quantitative estimate of drug-likeness (QED) is 0.766. The number of likely N-dealkylation sites (N-methyl/N-ethyl adjacent to an activating group) is 1. The van der Waals surface area contributed by atoms with Gasteiger partial charge in [0.15, 0.2) is 0 Å². The van der Waals surface area contributed by atoms with Crippen LogP contribution in [0.1, 0.15) is 23.4 Å².